The second-order valence-corrected chi connectivity index (χ2v) is 11.0. The molecule has 4 rings (SSSR count). The lowest BCUT2D eigenvalue weighted by Gasteiger charge is -2.17. The minimum absolute atomic E-state index is 0.0629. The first-order valence-electron chi connectivity index (χ1n) is 10.6. The van der Waals surface area contributed by atoms with Gasteiger partial charge in [0.25, 0.3) is 11.5 Å². The minimum Gasteiger partial charge on any atom is -0.497 e. The summed E-state index contributed by atoms with van der Waals surface area (Å²) in [5, 5.41) is 0.903. The molecule has 1 aromatic carbocycles. The highest BCUT2D eigenvalue weighted by molar-refractivity contribution is 8.30. The zero-order chi connectivity index (χ0) is 23.0. The van der Waals surface area contributed by atoms with Crippen LogP contribution in [0, 0.1) is 0 Å². The number of nitrogens with zero attached hydrogens (tertiary/aromatic N) is 3. The summed E-state index contributed by atoms with van der Waals surface area (Å²) < 4.78 is 9.02. The second kappa shape index (κ2) is 9.62. The van der Waals surface area contributed by atoms with Crippen LogP contribution in [0.1, 0.15) is 33.6 Å². The van der Waals surface area contributed by atoms with E-state index in [0.717, 1.165) is 40.7 Å². The SMILES string of the molecule is CCCCN1C(=O)/C(=c2/s/c(=C3\Sc4ccc(OC)cc4N3CC)c(=O)n2CC)SC1=S. The molecule has 0 aliphatic carbocycles. The Morgan fingerprint density at radius 1 is 1.06 bits per heavy atom. The molecular formula is C22H25N3O3S4. The lowest BCUT2D eigenvalue weighted by molar-refractivity contribution is -0.120. The summed E-state index contributed by atoms with van der Waals surface area (Å²) in [7, 11) is 1.65. The van der Waals surface area contributed by atoms with E-state index in [2.05, 4.69) is 18.7 Å². The molecule has 0 bridgehead atoms. The maximum absolute atomic E-state index is 13.4. The number of methoxy groups -OCH3 is 1. The molecule has 0 radical (unpaired) electrons. The van der Waals surface area contributed by atoms with E-state index in [9.17, 15) is 9.59 Å². The third kappa shape index (κ3) is 3.91. The number of thioether (sulfide) groups is 2. The number of carbonyl (C=O) groups excluding carboxylic acids is 1. The van der Waals surface area contributed by atoms with Crippen LogP contribution in [-0.2, 0) is 11.3 Å². The molecule has 2 aliphatic rings. The molecule has 170 valence electrons. The van der Waals surface area contributed by atoms with E-state index in [1.807, 2.05) is 25.1 Å². The summed E-state index contributed by atoms with van der Waals surface area (Å²) in [5.74, 6) is 0.693. The molecule has 0 atom stereocenters. The van der Waals surface area contributed by atoms with Gasteiger partial charge in [0.2, 0.25) is 0 Å². The molecule has 0 N–H and O–H groups in total. The predicted molar refractivity (Wildman–Crippen MR) is 139 cm³/mol. The molecule has 6 nitrogen and oxygen atoms in total. The van der Waals surface area contributed by atoms with Crippen molar-refractivity contribution in [3.05, 3.63) is 37.7 Å². The van der Waals surface area contributed by atoms with Crippen LogP contribution >= 0.6 is 47.1 Å². The van der Waals surface area contributed by atoms with Crippen molar-refractivity contribution >= 4 is 72.9 Å². The lowest BCUT2D eigenvalue weighted by atomic mass is 10.2. The Hall–Kier alpha value is -1.75. The van der Waals surface area contributed by atoms with Gasteiger partial charge < -0.3 is 9.64 Å². The van der Waals surface area contributed by atoms with Crippen molar-refractivity contribution in [1.82, 2.24) is 9.47 Å². The van der Waals surface area contributed by atoms with Gasteiger partial charge in [-0.2, -0.15) is 0 Å². The zero-order valence-electron chi connectivity index (χ0n) is 18.5. The fraction of sp³-hybridized carbons (Fsp3) is 0.409. The standard InChI is InChI=1S/C22H25N3O3S4/c1-5-8-11-25-19(27)17(32-22(25)29)21-24(7-3)18(26)16(31-21)20-23(6-2)14-12-13(28-4)9-10-15(14)30-20/h9-10,12H,5-8,11H2,1-4H3/b20-16-,21-17-. The molecule has 1 fully saturated rings. The van der Waals surface area contributed by atoms with Crippen molar-refractivity contribution in [3.8, 4) is 5.75 Å². The highest BCUT2D eigenvalue weighted by atomic mass is 32.2. The summed E-state index contributed by atoms with van der Waals surface area (Å²) in [5.41, 5.74) is 0.974. The lowest BCUT2D eigenvalue weighted by Crippen LogP contribution is -2.35. The van der Waals surface area contributed by atoms with Crippen LogP contribution in [0.3, 0.4) is 0 Å². The third-order valence-corrected chi connectivity index (χ3v) is 9.47. The smallest absolute Gasteiger partial charge is 0.271 e. The van der Waals surface area contributed by atoms with Crippen LogP contribution in [0.5, 0.6) is 5.75 Å². The number of fused-ring (bicyclic) bond motifs is 1. The maximum atomic E-state index is 13.4. The summed E-state index contributed by atoms with van der Waals surface area (Å²) in [6.45, 7) is 7.92. The van der Waals surface area contributed by atoms with Crippen molar-refractivity contribution in [1.29, 1.82) is 0 Å². The summed E-state index contributed by atoms with van der Waals surface area (Å²) in [6, 6.07) is 5.96. The largest absolute Gasteiger partial charge is 0.497 e. The van der Waals surface area contributed by atoms with E-state index < -0.39 is 0 Å². The van der Waals surface area contributed by atoms with Crippen molar-refractivity contribution in [2.75, 3.05) is 25.1 Å². The number of thiazole rings is 1. The molecule has 32 heavy (non-hydrogen) atoms. The molecule has 0 unspecified atom stereocenters. The van der Waals surface area contributed by atoms with Gasteiger partial charge in [-0.05, 0) is 32.4 Å². The molecule has 10 heteroatoms. The van der Waals surface area contributed by atoms with E-state index >= 15 is 0 Å². The number of unbranched alkanes of at least 4 members (excludes halogenated alkanes) is 1. The van der Waals surface area contributed by atoms with Gasteiger partial charge in [-0.3, -0.25) is 19.1 Å². The Morgan fingerprint density at radius 3 is 2.50 bits per heavy atom. The van der Waals surface area contributed by atoms with Crippen molar-refractivity contribution in [3.63, 3.8) is 0 Å². The monoisotopic (exact) mass is 507 g/mol. The number of hydrogen-bond acceptors (Lipinski definition) is 8. The highest BCUT2D eigenvalue weighted by Crippen LogP contribution is 2.47. The normalized spacial score (nSPS) is 19.2. The van der Waals surface area contributed by atoms with Crippen molar-refractivity contribution in [2.24, 2.45) is 0 Å². The number of rotatable bonds is 6. The van der Waals surface area contributed by atoms with Gasteiger partial charge in [0.05, 0.1) is 12.8 Å². The fourth-order valence-corrected chi connectivity index (χ4v) is 7.71. The molecular weight excluding hydrogens is 483 g/mol. The number of carbonyl (C=O) groups is 1. The van der Waals surface area contributed by atoms with Gasteiger partial charge in [0.1, 0.15) is 29.2 Å². The number of hydrogen-bond donors (Lipinski definition) is 0. The Labute approximate surface area is 204 Å². The number of thiocarbonyl (C=S) groups is 1. The molecule has 1 saturated heterocycles. The molecule has 2 aliphatic heterocycles. The Balaban J connectivity index is 1.90. The first kappa shape index (κ1) is 23.4. The number of anilines is 1. The number of ether oxygens (including phenoxy) is 1. The molecule has 0 spiro atoms. The maximum Gasteiger partial charge on any atom is 0.271 e. The van der Waals surface area contributed by atoms with Crippen LogP contribution in [0.25, 0.3) is 9.93 Å². The number of benzene rings is 1. The van der Waals surface area contributed by atoms with Crippen molar-refractivity contribution in [2.45, 2.75) is 45.1 Å². The van der Waals surface area contributed by atoms with E-state index in [0.29, 0.717) is 31.5 Å². The van der Waals surface area contributed by atoms with Gasteiger partial charge in [-0.1, -0.05) is 49.1 Å². The van der Waals surface area contributed by atoms with Crippen LogP contribution in [-0.4, -0.2) is 39.9 Å². The van der Waals surface area contributed by atoms with Gasteiger partial charge in [-0.25, -0.2) is 0 Å². The van der Waals surface area contributed by atoms with E-state index in [-0.39, 0.29) is 11.5 Å². The molecule has 1 amide bonds. The molecule has 2 aromatic rings. The average molecular weight is 508 g/mol. The van der Waals surface area contributed by atoms with Crippen LogP contribution < -0.4 is 24.4 Å². The first-order chi connectivity index (χ1) is 15.4. The summed E-state index contributed by atoms with van der Waals surface area (Å²) in [6.07, 6.45) is 1.89. The molecule has 0 saturated carbocycles. The van der Waals surface area contributed by atoms with E-state index in [1.165, 1.54) is 23.1 Å². The van der Waals surface area contributed by atoms with Gasteiger partial charge >= 0.3 is 0 Å². The Kier molecular flexibility index (Phi) is 7.04. The van der Waals surface area contributed by atoms with Gasteiger partial charge in [-0.15, -0.1) is 11.3 Å². The first-order valence-corrected chi connectivity index (χ1v) is 13.5. The van der Waals surface area contributed by atoms with E-state index in [4.69, 9.17) is 17.0 Å². The molecule has 3 heterocycles. The van der Waals surface area contributed by atoms with Crippen LogP contribution in [0.4, 0.5) is 5.69 Å². The quantitative estimate of drug-likeness (QED) is 0.556. The van der Waals surface area contributed by atoms with Crippen LogP contribution in [0.2, 0.25) is 0 Å². The topological polar surface area (TPSA) is 54.8 Å². The summed E-state index contributed by atoms with van der Waals surface area (Å²) in [4.78, 5) is 32.0. The number of amides is 1. The second-order valence-electron chi connectivity index (χ2n) is 7.28. The average Bonchev–Trinajstić information content (AvgIpc) is 3.41. The van der Waals surface area contributed by atoms with E-state index in [1.54, 1.807) is 28.3 Å². The predicted octanol–water partition coefficient (Wildman–Crippen LogP) is 3.40. The van der Waals surface area contributed by atoms with Crippen molar-refractivity contribution < 1.29 is 9.53 Å². The zero-order valence-corrected chi connectivity index (χ0v) is 21.7. The van der Waals surface area contributed by atoms with Gasteiger partial charge in [0.15, 0.2) is 0 Å². The fourth-order valence-electron chi connectivity index (χ4n) is 3.71. The Morgan fingerprint density at radius 2 is 1.84 bits per heavy atom. The number of aromatic nitrogens is 1. The molecule has 1 aromatic heterocycles. The van der Waals surface area contributed by atoms with Crippen LogP contribution in [0.15, 0.2) is 27.9 Å². The highest BCUT2D eigenvalue weighted by Gasteiger charge is 2.34. The summed E-state index contributed by atoms with van der Waals surface area (Å²) >= 11 is 9.77. The minimum atomic E-state index is -0.0899. The Bertz CT molecular complexity index is 1260. The van der Waals surface area contributed by atoms with Gasteiger partial charge in [0, 0.05) is 30.6 Å². The third-order valence-electron chi connectivity index (χ3n) is 5.40.